The van der Waals surface area contributed by atoms with Crippen LogP contribution in [-0.2, 0) is 66.3 Å². The lowest BCUT2D eigenvalue weighted by atomic mass is 9.84. The minimum Gasteiger partial charge on any atom is -0.460 e. The summed E-state index contributed by atoms with van der Waals surface area (Å²) in [7, 11) is 0. The Morgan fingerprint density at radius 2 is 0.680 bits per heavy atom. The Morgan fingerprint density at radius 1 is 0.371 bits per heavy atom. The van der Waals surface area contributed by atoms with Crippen molar-refractivity contribution in [3.8, 4) is 0 Å². The van der Waals surface area contributed by atoms with Gasteiger partial charge in [0.05, 0.1) is 240 Å². The van der Waals surface area contributed by atoms with Crippen LogP contribution in [0.5, 0.6) is 0 Å². The van der Waals surface area contributed by atoms with Crippen molar-refractivity contribution in [3.05, 3.63) is 96.1 Å². The molecule has 0 saturated carbocycles. The number of carbonyl (C=O) groups is 2. The average molecular weight is 1380 g/mol. The molecule has 97 heavy (non-hydrogen) atoms. The molecule has 0 radical (unpaired) electrons. The molecule has 0 atom stereocenters. The fourth-order valence-corrected chi connectivity index (χ4v) is 9.68. The highest BCUT2D eigenvalue weighted by Gasteiger charge is 2.37. The Morgan fingerprint density at radius 3 is 0.948 bits per heavy atom. The Kier molecular flexibility index (Phi) is 44.6. The van der Waals surface area contributed by atoms with Crippen LogP contribution in [0.2, 0.25) is 0 Å². The molecule has 5 rings (SSSR count). The van der Waals surface area contributed by atoms with Gasteiger partial charge < -0.3 is 117 Å². The summed E-state index contributed by atoms with van der Waals surface area (Å²) in [4.78, 5) is 25.5. The van der Waals surface area contributed by atoms with Crippen molar-refractivity contribution in [2.75, 3.05) is 231 Å². The maximum Gasteiger partial charge on any atom is 0.338 e. The molecule has 1 saturated heterocycles. The van der Waals surface area contributed by atoms with E-state index in [4.69, 9.17) is 86.7 Å². The lowest BCUT2D eigenvalue weighted by Crippen LogP contribution is -2.44. The highest BCUT2D eigenvalue weighted by molar-refractivity contribution is 6.05. The first-order valence-electron chi connectivity index (χ1n) is 33.5. The van der Waals surface area contributed by atoms with Crippen molar-refractivity contribution in [2.45, 2.75) is 59.0 Å². The highest BCUT2D eigenvalue weighted by atomic mass is 16.6. The summed E-state index contributed by atoms with van der Waals surface area (Å²) >= 11 is 0. The van der Waals surface area contributed by atoms with Gasteiger partial charge in [-0.05, 0) is 59.4 Å². The maximum atomic E-state index is 13.0. The molecule has 0 bridgehead atoms. The largest absolute Gasteiger partial charge is 0.460 e. The Balaban J connectivity index is 0.000000498. The topological polar surface area (TPSA) is 366 Å². The summed E-state index contributed by atoms with van der Waals surface area (Å²) in [6, 6.07) is 26.1. The smallest absolute Gasteiger partial charge is 0.338 e. The van der Waals surface area contributed by atoms with Crippen LogP contribution in [0.1, 0.15) is 74.1 Å². The van der Waals surface area contributed by atoms with Crippen molar-refractivity contribution in [1.82, 2.24) is 0 Å². The number of carbonyl (C=O) groups excluding carboxylic acids is 2. The van der Waals surface area contributed by atoms with Crippen LogP contribution in [0.25, 0.3) is 21.5 Å². The van der Waals surface area contributed by atoms with E-state index in [0.29, 0.717) is 30.4 Å². The third kappa shape index (κ3) is 30.7. The van der Waals surface area contributed by atoms with Crippen LogP contribution in [0.15, 0.2) is 84.9 Å². The Labute approximate surface area is 571 Å². The monoisotopic (exact) mass is 1380 g/mol. The molecule has 26 heteroatoms. The predicted octanol–water partition coefficient (Wildman–Crippen LogP) is 3.43. The molecule has 0 aromatic heterocycles. The Bertz CT molecular complexity index is 2540. The van der Waals surface area contributed by atoms with E-state index in [1.807, 2.05) is 87.5 Å². The van der Waals surface area contributed by atoms with Crippen molar-refractivity contribution in [1.29, 1.82) is 0 Å². The number of aliphatic hydroxyl groups is 10. The van der Waals surface area contributed by atoms with Crippen molar-refractivity contribution in [3.63, 3.8) is 0 Å². The van der Waals surface area contributed by atoms with Crippen LogP contribution in [-0.4, -0.2) is 300 Å². The normalized spacial score (nSPS) is 13.4. The highest BCUT2D eigenvalue weighted by Crippen LogP contribution is 2.30. The number of esters is 2. The van der Waals surface area contributed by atoms with Gasteiger partial charge in [0.15, 0.2) is 0 Å². The summed E-state index contributed by atoms with van der Waals surface area (Å²) in [6.07, 6.45) is 2.51. The van der Waals surface area contributed by atoms with Gasteiger partial charge >= 0.3 is 11.9 Å². The lowest BCUT2D eigenvalue weighted by Gasteiger charge is -2.38. The standard InChI is InChI=1S/C41H68O15.C24H34O9.C6H12O2/c1-4-38(22-42,23-43)28-49-14-16-51-30-40(33-54-19-21-56-41(6-3,26-46)27-47,31-52-17-15-50-29-39(5-2,24-44)25-45)32-53-18-20-55-37(48)36-13-9-11-34-10-7-8-12-35(34)36;25-8-11-29-16-24(17-30-12-9-26,18-31-13-10-27)19-32-14-15-33-23(28)22-7-3-5-20-4-1-2-6-21(20)22;1-2-6(3-7)4-8-5-6/h7-13,42-47H,4-6,14-33H2,1-3H3;1-7,25-27H,8-19H2;7H,2-5H2,1H3. The van der Waals surface area contributed by atoms with E-state index in [1.165, 1.54) is 0 Å². The van der Waals surface area contributed by atoms with Crippen LogP contribution >= 0.6 is 0 Å². The molecular weight excluding hydrogens is 1270 g/mol. The van der Waals surface area contributed by atoms with Crippen LogP contribution in [0.3, 0.4) is 0 Å². The molecule has 1 heterocycles. The van der Waals surface area contributed by atoms with Gasteiger partial charge in [0.2, 0.25) is 0 Å². The zero-order valence-corrected chi connectivity index (χ0v) is 57.7. The van der Waals surface area contributed by atoms with Crippen molar-refractivity contribution < 1.29 is 127 Å². The third-order valence-electron chi connectivity index (χ3n) is 17.1. The molecule has 1 aliphatic rings. The van der Waals surface area contributed by atoms with Gasteiger partial charge in [-0.1, -0.05) is 100 Å². The van der Waals surface area contributed by atoms with Gasteiger partial charge in [0.1, 0.15) is 18.8 Å². The molecule has 4 aromatic carbocycles. The van der Waals surface area contributed by atoms with Gasteiger partial charge in [-0.2, -0.15) is 0 Å². The first-order valence-corrected chi connectivity index (χ1v) is 33.5. The molecule has 0 aliphatic carbocycles. The van der Waals surface area contributed by atoms with Gasteiger partial charge in [-0.15, -0.1) is 0 Å². The molecular formula is C71H114O26. The van der Waals surface area contributed by atoms with Gasteiger partial charge in [0, 0.05) is 16.2 Å². The lowest BCUT2D eigenvalue weighted by molar-refractivity contribution is -0.142. The van der Waals surface area contributed by atoms with Crippen molar-refractivity contribution >= 4 is 33.5 Å². The first-order chi connectivity index (χ1) is 47.1. The number of rotatable bonds is 55. The van der Waals surface area contributed by atoms with E-state index in [9.17, 15) is 40.2 Å². The SMILES string of the molecule is CCC(CO)(CO)COCCOCC(COCCOCC(CC)(CO)CO)(COCCOC(=O)c1cccc2ccccc12)COCCOC(CC)(CO)CO.CCC1(CO)COC1.O=C(OCCOCC(COCCO)(COCCO)COCCO)c1cccc2ccccc12. The minimum atomic E-state index is -1.08. The molecule has 1 fully saturated rings. The first kappa shape index (κ1) is 86.7. The summed E-state index contributed by atoms with van der Waals surface area (Å²) in [5.41, 5.74) is -3.09. The molecule has 0 unspecified atom stereocenters. The third-order valence-corrected chi connectivity index (χ3v) is 17.1. The molecule has 1 aliphatic heterocycles. The molecule has 0 spiro atoms. The number of hydrogen-bond donors (Lipinski definition) is 10. The fourth-order valence-electron chi connectivity index (χ4n) is 9.68. The van der Waals surface area contributed by atoms with Gasteiger partial charge in [0.25, 0.3) is 0 Å². The van der Waals surface area contributed by atoms with Crippen molar-refractivity contribution in [2.24, 2.45) is 27.1 Å². The van der Waals surface area contributed by atoms with E-state index in [2.05, 4.69) is 6.92 Å². The number of ether oxygens (including phenoxy) is 14. The van der Waals surface area contributed by atoms with Gasteiger partial charge in [-0.3, -0.25) is 0 Å². The maximum absolute atomic E-state index is 13.0. The second-order valence-electron chi connectivity index (χ2n) is 24.6. The van der Waals surface area contributed by atoms with E-state index >= 15 is 0 Å². The quantitative estimate of drug-likeness (QED) is 0.0224. The van der Waals surface area contributed by atoms with E-state index in [0.717, 1.165) is 41.2 Å². The fraction of sp³-hybridized carbons (Fsp3) is 0.690. The minimum absolute atomic E-state index is 0.0125. The molecule has 10 N–H and O–H groups in total. The summed E-state index contributed by atoms with van der Waals surface area (Å²) in [5.74, 6) is -0.893. The van der Waals surface area contributed by atoms with Gasteiger partial charge in [-0.25, -0.2) is 9.59 Å². The van der Waals surface area contributed by atoms with Crippen LogP contribution in [0, 0.1) is 27.1 Å². The second-order valence-corrected chi connectivity index (χ2v) is 24.6. The molecule has 0 amide bonds. The number of benzene rings is 4. The number of hydrogen-bond acceptors (Lipinski definition) is 26. The second kappa shape index (κ2) is 49.9. The number of fused-ring (bicyclic) bond motifs is 2. The Hall–Kier alpha value is -4.54. The van der Waals surface area contributed by atoms with Crippen LogP contribution < -0.4 is 0 Å². The van der Waals surface area contributed by atoms with E-state index in [-0.39, 0.29) is 223 Å². The van der Waals surface area contributed by atoms with E-state index in [1.54, 1.807) is 18.2 Å². The summed E-state index contributed by atoms with van der Waals surface area (Å²) in [5, 5.41) is 97.8. The zero-order chi connectivity index (χ0) is 71.0. The molecule has 554 valence electrons. The van der Waals surface area contributed by atoms with E-state index < -0.39 is 39.2 Å². The molecule has 4 aromatic rings. The average Bonchev–Trinajstić information content (AvgIpc) is 0.879. The number of aliphatic hydroxyl groups excluding tert-OH is 10. The summed E-state index contributed by atoms with van der Waals surface area (Å²) in [6.45, 7) is 10.6. The molecule has 26 nitrogen and oxygen atoms in total. The summed E-state index contributed by atoms with van der Waals surface area (Å²) < 4.78 is 79.8. The van der Waals surface area contributed by atoms with Crippen LogP contribution in [0.4, 0.5) is 0 Å². The predicted molar refractivity (Wildman–Crippen MR) is 360 cm³/mol. The zero-order valence-electron chi connectivity index (χ0n) is 57.7.